The van der Waals surface area contributed by atoms with E-state index >= 15 is 0 Å². The van der Waals surface area contributed by atoms with E-state index in [4.69, 9.17) is 4.74 Å². The minimum atomic E-state index is 0.412. The topological polar surface area (TPSA) is 21.3 Å². The first-order valence-electron chi connectivity index (χ1n) is 6.89. The Morgan fingerprint density at radius 1 is 1.17 bits per heavy atom. The molecule has 0 amide bonds. The van der Waals surface area contributed by atoms with Gasteiger partial charge in [-0.25, -0.2) is 0 Å². The van der Waals surface area contributed by atoms with E-state index in [0.29, 0.717) is 12.0 Å². The van der Waals surface area contributed by atoms with Gasteiger partial charge in [-0.2, -0.15) is 0 Å². The molecule has 0 aliphatic rings. The fourth-order valence-electron chi connectivity index (χ4n) is 2.08. The van der Waals surface area contributed by atoms with Crippen molar-refractivity contribution in [1.82, 2.24) is 5.32 Å². The third-order valence-electron chi connectivity index (χ3n) is 3.45. The Morgan fingerprint density at radius 3 is 2.39 bits per heavy atom. The first-order chi connectivity index (χ1) is 8.45. The van der Waals surface area contributed by atoms with Crippen molar-refractivity contribution in [1.29, 1.82) is 0 Å². The van der Waals surface area contributed by atoms with Crippen LogP contribution in [0.4, 0.5) is 0 Å². The molecule has 0 radical (unpaired) electrons. The molecule has 0 aromatic heterocycles. The number of likely N-dealkylation sites (N-methyl/N-ethyl adjacent to an activating group) is 1. The Balaban J connectivity index is 2.73. The molecule has 2 heteroatoms. The number of ether oxygens (including phenoxy) is 1. The molecule has 18 heavy (non-hydrogen) atoms. The van der Waals surface area contributed by atoms with Crippen molar-refractivity contribution in [2.75, 3.05) is 13.2 Å². The third kappa shape index (κ3) is 4.02. The maximum absolute atomic E-state index is 6.01. The van der Waals surface area contributed by atoms with E-state index in [-0.39, 0.29) is 0 Å². The maximum Gasteiger partial charge on any atom is 0.122 e. The van der Waals surface area contributed by atoms with Gasteiger partial charge in [-0.05, 0) is 56.0 Å². The minimum Gasteiger partial charge on any atom is -0.492 e. The summed E-state index contributed by atoms with van der Waals surface area (Å²) in [6.07, 6.45) is 0. The Bertz CT molecular complexity index is 385. The molecule has 0 saturated heterocycles. The summed E-state index contributed by atoms with van der Waals surface area (Å²) in [4.78, 5) is 0. The Kier molecular flexibility index (Phi) is 5.67. The molecule has 1 aromatic rings. The van der Waals surface area contributed by atoms with Gasteiger partial charge in [0.1, 0.15) is 12.4 Å². The van der Waals surface area contributed by atoms with E-state index in [0.717, 1.165) is 18.9 Å². The Morgan fingerprint density at radius 2 is 1.83 bits per heavy atom. The molecule has 0 saturated carbocycles. The second-order valence-electron chi connectivity index (χ2n) is 5.42. The molecule has 0 fully saturated rings. The normalized spacial score (nSPS) is 12.8. The molecule has 1 aromatic carbocycles. The number of benzene rings is 1. The highest BCUT2D eigenvalue weighted by atomic mass is 16.5. The van der Waals surface area contributed by atoms with Crippen LogP contribution in [-0.2, 0) is 0 Å². The van der Waals surface area contributed by atoms with Gasteiger partial charge in [-0.1, -0.05) is 26.8 Å². The van der Waals surface area contributed by atoms with Gasteiger partial charge in [0.2, 0.25) is 0 Å². The van der Waals surface area contributed by atoms with E-state index in [1.807, 2.05) is 0 Å². The van der Waals surface area contributed by atoms with Crippen molar-refractivity contribution in [3.8, 4) is 5.75 Å². The smallest absolute Gasteiger partial charge is 0.122 e. The summed E-state index contributed by atoms with van der Waals surface area (Å²) < 4.78 is 6.01. The molecule has 102 valence electrons. The van der Waals surface area contributed by atoms with Crippen LogP contribution in [0.2, 0.25) is 0 Å². The number of aryl methyl sites for hydroxylation is 2. The zero-order valence-electron chi connectivity index (χ0n) is 12.6. The molecule has 1 N–H and O–H groups in total. The molecule has 1 atom stereocenters. The fourth-order valence-corrected chi connectivity index (χ4v) is 2.08. The van der Waals surface area contributed by atoms with Gasteiger partial charge in [0.15, 0.2) is 0 Å². The number of nitrogens with one attached hydrogen (secondary N) is 1. The molecular formula is C16H27NO. The van der Waals surface area contributed by atoms with Crippen LogP contribution in [0.1, 0.15) is 37.5 Å². The van der Waals surface area contributed by atoms with Crippen LogP contribution in [0.25, 0.3) is 0 Å². The molecule has 0 heterocycles. The Labute approximate surface area is 112 Å². The summed E-state index contributed by atoms with van der Waals surface area (Å²) in [7, 11) is 0. The average molecular weight is 249 g/mol. The monoisotopic (exact) mass is 249 g/mol. The fraction of sp³-hybridized carbons (Fsp3) is 0.625. The summed E-state index contributed by atoms with van der Waals surface area (Å²) in [6.45, 7) is 14.7. The van der Waals surface area contributed by atoms with Crippen LogP contribution < -0.4 is 10.1 Å². The molecule has 1 unspecified atom stereocenters. The highest BCUT2D eigenvalue weighted by molar-refractivity contribution is 5.41. The highest BCUT2D eigenvalue weighted by Gasteiger charge is 2.13. The van der Waals surface area contributed by atoms with Gasteiger partial charge in [-0.3, -0.25) is 0 Å². The molecular weight excluding hydrogens is 222 g/mol. The molecule has 0 spiro atoms. The summed E-state index contributed by atoms with van der Waals surface area (Å²) in [5.74, 6) is 1.60. The zero-order valence-corrected chi connectivity index (χ0v) is 12.6. The van der Waals surface area contributed by atoms with Crippen LogP contribution in [0.15, 0.2) is 12.1 Å². The summed E-state index contributed by atoms with van der Waals surface area (Å²) in [5.41, 5.74) is 3.81. The lowest BCUT2D eigenvalue weighted by Gasteiger charge is -2.23. The number of rotatable bonds is 6. The third-order valence-corrected chi connectivity index (χ3v) is 3.45. The van der Waals surface area contributed by atoms with E-state index in [1.165, 1.54) is 16.7 Å². The Hall–Kier alpha value is -1.02. The first-order valence-corrected chi connectivity index (χ1v) is 6.89. The maximum atomic E-state index is 6.01. The lowest BCUT2D eigenvalue weighted by atomic mass is 10.0. The second kappa shape index (κ2) is 6.79. The van der Waals surface area contributed by atoms with Gasteiger partial charge >= 0.3 is 0 Å². The molecule has 1 rings (SSSR count). The van der Waals surface area contributed by atoms with E-state index in [1.54, 1.807) is 0 Å². The van der Waals surface area contributed by atoms with Crippen LogP contribution in [0, 0.1) is 26.7 Å². The van der Waals surface area contributed by atoms with E-state index in [9.17, 15) is 0 Å². The highest BCUT2D eigenvalue weighted by Crippen LogP contribution is 2.23. The van der Waals surface area contributed by atoms with Crippen molar-refractivity contribution in [3.05, 3.63) is 28.8 Å². The molecule has 2 nitrogen and oxygen atoms in total. The predicted octanol–water partition coefficient (Wildman–Crippen LogP) is 3.62. The summed E-state index contributed by atoms with van der Waals surface area (Å²) in [5, 5.41) is 3.48. The molecule has 0 aliphatic carbocycles. The van der Waals surface area contributed by atoms with E-state index in [2.05, 4.69) is 59.0 Å². The van der Waals surface area contributed by atoms with Crippen LogP contribution in [0.3, 0.4) is 0 Å². The van der Waals surface area contributed by atoms with Crippen LogP contribution in [-0.4, -0.2) is 19.2 Å². The van der Waals surface area contributed by atoms with Gasteiger partial charge in [0.25, 0.3) is 0 Å². The van der Waals surface area contributed by atoms with Gasteiger partial charge < -0.3 is 10.1 Å². The average Bonchev–Trinajstić information content (AvgIpc) is 2.29. The van der Waals surface area contributed by atoms with E-state index < -0.39 is 0 Å². The van der Waals surface area contributed by atoms with Gasteiger partial charge in [-0.15, -0.1) is 0 Å². The van der Waals surface area contributed by atoms with Crippen molar-refractivity contribution >= 4 is 0 Å². The van der Waals surface area contributed by atoms with Crippen molar-refractivity contribution in [2.24, 2.45) is 5.92 Å². The minimum absolute atomic E-state index is 0.412. The SMILES string of the molecule is CCNC(COc1cc(C)cc(C)c1C)C(C)C. The first kappa shape index (κ1) is 15.0. The van der Waals surface area contributed by atoms with Crippen molar-refractivity contribution in [2.45, 2.75) is 47.6 Å². The van der Waals surface area contributed by atoms with Gasteiger partial charge in [0, 0.05) is 6.04 Å². The summed E-state index contributed by atoms with van der Waals surface area (Å²) in [6, 6.07) is 4.74. The second-order valence-corrected chi connectivity index (χ2v) is 5.42. The lowest BCUT2D eigenvalue weighted by molar-refractivity contribution is 0.231. The summed E-state index contributed by atoms with van der Waals surface area (Å²) >= 11 is 0. The van der Waals surface area contributed by atoms with Crippen molar-refractivity contribution < 1.29 is 4.74 Å². The van der Waals surface area contributed by atoms with Crippen molar-refractivity contribution in [3.63, 3.8) is 0 Å². The van der Waals surface area contributed by atoms with Gasteiger partial charge in [0.05, 0.1) is 0 Å². The molecule has 0 aliphatic heterocycles. The quantitative estimate of drug-likeness (QED) is 0.831. The molecule has 0 bridgehead atoms. The van der Waals surface area contributed by atoms with Crippen LogP contribution in [0.5, 0.6) is 5.75 Å². The number of hydrogen-bond donors (Lipinski definition) is 1. The predicted molar refractivity (Wildman–Crippen MR) is 78.5 cm³/mol. The number of hydrogen-bond acceptors (Lipinski definition) is 2. The largest absolute Gasteiger partial charge is 0.492 e. The zero-order chi connectivity index (χ0) is 13.7. The standard InChI is InChI=1S/C16H27NO/c1-7-17-15(11(2)3)10-18-16-9-12(4)8-13(5)14(16)6/h8-9,11,15,17H,7,10H2,1-6H3. The lowest BCUT2D eigenvalue weighted by Crippen LogP contribution is -2.38. The van der Waals surface area contributed by atoms with Crippen LogP contribution >= 0.6 is 0 Å².